The maximum Gasteiger partial charge on any atom is 0.341 e. The Balaban J connectivity index is 1.81. The molecule has 1 spiro atoms. The number of carboxylic acids is 1. The lowest BCUT2D eigenvalue weighted by molar-refractivity contribution is -0.0423. The first-order valence-corrected chi connectivity index (χ1v) is 7.62. The van der Waals surface area contributed by atoms with E-state index in [2.05, 4.69) is 0 Å². The van der Waals surface area contributed by atoms with Gasteiger partial charge in [0.2, 0.25) is 0 Å². The minimum absolute atomic E-state index is 0.0172. The molecule has 0 radical (unpaired) electrons. The van der Waals surface area contributed by atoms with Gasteiger partial charge in [0.15, 0.2) is 0 Å². The van der Waals surface area contributed by atoms with Crippen LogP contribution in [-0.4, -0.2) is 27.3 Å². The molecule has 3 rings (SSSR count). The average Bonchev–Trinajstić information content (AvgIpc) is 3.05. The molecule has 1 aromatic heterocycles. The number of carbonyl (C=O) groups is 1. The second-order valence-corrected chi connectivity index (χ2v) is 6.28. The Morgan fingerprint density at radius 3 is 2.76 bits per heavy atom. The van der Waals surface area contributed by atoms with Crippen molar-refractivity contribution in [3.63, 3.8) is 0 Å². The van der Waals surface area contributed by atoms with Crippen LogP contribution in [0.4, 0.5) is 0 Å². The van der Waals surface area contributed by atoms with Crippen molar-refractivity contribution in [3.05, 3.63) is 33.7 Å². The molecule has 114 valence electrons. The van der Waals surface area contributed by atoms with Crippen molar-refractivity contribution in [1.82, 2.24) is 4.57 Å². The SMILES string of the molecule is Cc1ccc(C(=O)O)c(=O)n1CC1CCC2(CCCC2)O1. The summed E-state index contributed by atoms with van der Waals surface area (Å²) in [6.45, 7) is 2.28. The van der Waals surface area contributed by atoms with E-state index in [1.54, 1.807) is 10.6 Å². The average molecular weight is 291 g/mol. The summed E-state index contributed by atoms with van der Waals surface area (Å²) in [6, 6.07) is 3.07. The van der Waals surface area contributed by atoms with Gasteiger partial charge in [0.1, 0.15) is 5.56 Å². The molecule has 1 unspecified atom stereocenters. The number of rotatable bonds is 3. The van der Waals surface area contributed by atoms with E-state index in [4.69, 9.17) is 9.84 Å². The van der Waals surface area contributed by atoms with E-state index in [9.17, 15) is 9.59 Å². The number of hydrogen-bond acceptors (Lipinski definition) is 3. The quantitative estimate of drug-likeness (QED) is 0.928. The second-order valence-electron chi connectivity index (χ2n) is 6.28. The number of aryl methyl sites for hydroxylation is 1. The van der Waals surface area contributed by atoms with Gasteiger partial charge in [-0.2, -0.15) is 0 Å². The zero-order chi connectivity index (χ0) is 15.0. The number of aromatic nitrogens is 1. The molecule has 0 amide bonds. The fourth-order valence-corrected chi connectivity index (χ4v) is 3.68. The number of ether oxygens (including phenoxy) is 1. The molecule has 2 heterocycles. The summed E-state index contributed by atoms with van der Waals surface area (Å²) in [5.74, 6) is -1.17. The highest BCUT2D eigenvalue weighted by molar-refractivity contribution is 5.87. The van der Waals surface area contributed by atoms with Gasteiger partial charge in [-0.15, -0.1) is 0 Å². The fraction of sp³-hybridized carbons (Fsp3) is 0.625. The van der Waals surface area contributed by atoms with Crippen molar-refractivity contribution in [1.29, 1.82) is 0 Å². The Kier molecular flexibility index (Phi) is 3.61. The minimum atomic E-state index is -1.17. The molecule has 1 aliphatic heterocycles. The fourth-order valence-electron chi connectivity index (χ4n) is 3.68. The summed E-state index contributed by atoms with van der Waals surface area (Å²) in [4.78, 5) is 23.3. The molecule has 21 heavy (non-hydrogen) atoms. The van der Waals surface area contributed by atoms with Crippen LogP contribution in [0.5, 0.6) is 0 Å². The Morgan fingerprint density at radius 2 is 2.10 bits per heavy atom. The molecular weight excluding hydrogens is 270 g/mol. The van der Waals surface area contributed by atoms with Crippen LogP contribution in [0, 0.1) is 6.92 Å². The first-order chi connectivity index (χ1) is 10.0. The molecular formula is C16H21NO4. The van der Waals surface area contributed by atoms with Gasteiger partial charge in [-0.1, -0.05) is 12.8 Å². The highest BCUT2D eigenvalue weighted by Gasteiger charge is 2.42. The first kappa shape index (κ1) is 14.3. The third-order valence-electron chi connectivity index (χ3n) is 4.86. The van der Waals surface area contributed by atoms with Gasteiger partial charge in [0, 0.05) is 5.69 Å². The summed E-state index contributed by atoms with van der Waals surface area (Å²) in [5, 5.41) is 9.06. The predicted molar refractivity (Wildman–Crippen MR) is 77.7 cm³/mol. The van der Waals surface area contributed by atoms with Crippen LogP contribution in [0.15, 0.2) is 16.9 Å². The molecule has 0 bridgehead atoms. The molecule has 2 aliphatic rings. The lowest BCUT2D eigenvalue weighted by atomic mass is 9.98. The van der Waals surface area contributed by atoms with Crippen molar-refractivity contribution in [2.45, 2.75) is 63.7 Å². The zero-order valence-electron chi connectivity index (χ0n) is 12.3. The van der Waals surface area contributed by atoms with Gasteiger partial charge in [-0.05, 0) is 44.7 Å². The van der Waals surface area contributed by atoms with Crippen molar-refractivity contribution >= 4 is 5.97 Å². The zero-order valence-corrected chi connectivity index (χ0v) is 12.3. The minimum Gasteiger partial charge on any atom is -0.477 e. The van der Waals surface area contributed by atoms with Gasteiger partial charge in [-0.3, -0.25) is 4.79 Å². The third-order valence-corrected chi connectivity index (χ3v) is 4.86. The second kappa shape index (κ2) is 5.30. The lowest BCUT2D eigenvalue weighted by Gasteiger charge is -2.24. The van der Waals surface area contributed by atoms with Crippen molar-refractivity contribution in [3.8, 4) is 0 Å². The van der Waals surface area contributed by atoms with E-state index in [0.717, 1.165) is 31.4 Å². The van der Waals surface area contributed by atoms with Gasteiger partial charge >= 0.3 is 5.97 Å². The van der Waals surface area contributed by atoms with E-state index < -0.39 is 11.5 Å². The van der Waals surface area contributed by atoms with Gasteiger partial charge in [0.25, 0.3) is 5.56 Å². The van der Waals surface area contributed by atoms with Crippen LogP contribution in [-0.2, 0) is 11.3 Å². The Morgan fingerprint density at radius 1 is 1.38 bits per heavy atom. The summed E-state index contributed by atoms with van der Waals surface area (Å²) in [5.41, 5.74) is 0.209. The van der Waals surface area contributed by atoms with Gasteiger partial charge in [-0.25, -0.2) is 4.79 Å². The third kappa shape index (κ3) is 2.62. The topological polar surface area (TPSA) is 68.5 Å². The van der Waals surface area contributed by atoms with Crippen LogP contribution in [0.1, 0.15) is 54.6 Å². The largest absolute Gasteiger partial charge is 0.477 e. The molecule has 1 aliphatic carbocycles. The summed E-state index contributed by atoms with van der Waals surface area (Å²) in [7, 11) is 0. The van der Waals surface area contributed by atoms with Crippen LogP contribution >= 0.6 is 0 Å². The van der Waals surface area contributed by atoms with Crippen LogP contribution in [0.2, 0.25) is 0 Å². The van der Waals surface area contributed by atoms with E-state index in [1.165, 1.54) is 18.9 Å². The van der Waals surface area contributed by atoms with Crippen LogP contribution in [0.3, 0.4) is 0 Å². The summed E-state index contributed by atoms with van der Waals surface area (Å²) < 4.78 is 7.76. The van der Waals surface area contributed by atoms with E-state index in [0.29, 0.717) is 6.54 Å². The Hall–Kier alpha value is -1.62. The molecule has 1 saturated carbocycles. The summed E-state index contributed by atoms with van der Waals surface area (Å²) >= 11 is 0. The van der Waals surface area contributed by atoms with Gasteiger partial charge < -0.3 is 14.4 Å². The number of nitrogens with zero attached hydrogens (tertiary/aromatic N) is 1. The smallest absolute Gasteiger partial charge is 0.341 e. The molecule has 1 aromatic rings. The van der Waals surface area contributed by atoms with E-state index >= 15 is 0 Å². The molecule has 2 fully saturated rings. The number of carboxylic acid groups (broad SMARTS) is 1. The highest BCUT2D eigenvalue weighted by Crippen LogP contribution is 2.43. The first-order valence-electron chi connectivity index (χ1n) is 7.62. The van der Waals surface area contributed by atoms with E-state index in [-0.39, 0.29) is 17.3 Å². The normalized spacial score (nSPS) is 23.8. The molecule has 1 saturated heterocycles. The number of hydrogen-bond donors (Lipinski definition) is 1. The van der Waals surface area contributed by atoms with Crippen molar-refractivity contribution in [2.24, 2.45) is 0 Å². The maximum atomic E-state index is 12.3. The maximum absolute atomic E-state index is 12.3. The number of pyridine rings is 1. The standard InChI is InChI=1S/C16H21NO4/c1-11-4-5-13(15(19)20)14(18)17(11)10-12-6-9-16(21-12)7-2-3-8-16/h4-5,12H,2-3,6-10H2,1H3,(H,19,20). The van der Waals surface area contributed by atoms with E-state index in [1.807, 2.05) is 6.92 Å². The lowest BCUT2D eigenvalue weighted by Crippen LogP contribution is -2.33. The Bertz CT molecular complexity index is 613. The predicted octanol–water partition coefficient (Wildman–Crippen LogP) is 2.35. The summed E-state index contributed by atoms with van der Waals surface area (Å²) in [6.07, 6.45) is 6.70. The van der Waals surface area contributed by atoms with Crippen LogP contribution < -0.4 is 5.56 Å². The van der Waals surface area contributed by atoms with Crippen molar-refractivity contribution < 1.29 is 14.6 Å². The monoisotopic (exact) mass is 291 g/mol. The molecule has 5 heteroatoms. The van der Waals surface area contributed by atoms with Gasteiger partial charge in [0.05, 0.1) is 18.2 Å². The molecule has 1 atom stereocenters. The Labute approximate surface area is 123 Å². The molecule has 5 nitrogen and oxygen atoms in total. The van der Waals surface area contributed by atoms with Crippen LogP contribution in [0.25, 0.3) is 0 Å². The number of aromatic carboxylic acids is 1. The molecule has 1 N–H and O–H groups in total. The van der Waals surface area contributed by atoms with Crippen molar-refractivity contribution in [2.75, 3.05) is 0 Å². The highest BCUT2D eigenvalue weighted by atomic mass is 16.5. The molecule has 0 aromatic carbocycles.